The third-order valence-corrected chi connectivity index (χ3v) is 4.51. The molecule has 4 heteroatoms. The van der Waals surface area contributed by atoms with Gasteiger partial charge in [-0.05, 0) is 31.0 Å². The van der Waals surface area contributed by atoms with Gasteiger partial charge in [0.15, 0.2) is 5.16 Å². The van der Waals surface area contributed by atoms with Gasteiger partial charge in [0.25, 0.3) is 0 Å². The summed E-state index contributed by atoms with van der Waals surface area (Å²) in [5, 5.41) is 1.11. The van der Waals surface area contributed by atoms with E-state index in [1.165, 1.54) is 22.4 Å². The van der Waals surface area contributed by atoms with Gasteiger partial charge in [-0.2, -0.15) is 0 Å². The molecule has 2 N–H and O–H groups in total. The van der Waals surface area contributed by atoms with E-state index in [-0.39, 0.29) is 0 Å². The topological polar surface area (TPSA) is 43.8 Å². The third kappa shape index (κ3) is 1.76. The molecule has 1 aliphatic rings. The number of benzene rings is 1. The first kappa shape index (κ1) is 11.8. The molecule has 0 saturated heterocycles. The number of hydrogen-bond acceptors (Lipinski definition) is 3. The van der Waals surface area contributed by atoms with Crippen LogP contribution in [0.3, 0.4) is 0 Å². The molecular formula is C14H17N3S. The molecule has 3 rings (SSSR count). The van der Waals surface area contributed by atoms with Crippen LogP contribution in [0.4, 0.5) is 0 Å². The average molecular weight is 259 g/mol. The smallest absolute Gasteiger partial charge is 0.168 e. The Kier molecular flexibility index (Phi) is 2.92. The van der Waals surface area contributed by atoms with Crippen molar-refractivity contribution in [3.63, 3.8) is 0 Å². The second-order valence-electron chi connectivity index (χ2n) is 4.69. The highest BCUT2D eigenvalue weighted by molar-refractivity contribution is 7.99. The zero-order valence-corrected chi connectivity index (χ0v) is 11.5. The number of rotatable bonds is 2. The molecule has 2 aromatic rings. The molecule has 0 atom stereocenters. The molecule has 0 amide bonds. The van der Waals surface area contributed by atoms with Crippen LogP contribution in [-0.4, -0.2) is 15.3 Å². The number of aryl methyl sites for hydroxylation is 2. The van der Waals surface area contributed by atoms with E-state index in [1.54, 1.807) is 0 Å². The zero-order valence-electron chi connectivity index (χ0n) is 10.7. The van der Waals surface area contributed by atoms with Crippen molar-refractivity contribution in [2.45, 2.75) is 32.1 Å². The lowest BCUT2D eigenvalue weighted by atomic mass is 10.0. The van der Waals surface area contributed by atoms with Crippen molar-refractivity contribution >= 4 is 11.8 Å². The SMILES string of the molecule is Cc1ccc(-c2nc3n(c2CN)CCS3)cc1C. The Morgan fingerprint density at radius 3 is 2.89 bits per heavy atom. The maximum Gasteiger partial charge on any atom is 0.168 e. The summed E-state index contributed by atoms with van der Waals surface area (Å²) in [4.78, 5) is 4.75. The van der Waals surface area contributed by atoms with Gasteiger partial charge in [-0.15, -0.1) is 0 Å². The van der Waals surface area contributed by atoms with E-state index in [0.717, 1.165) is 23.1 Å². The number of thioether (sulfide) groups is 1. The maximum atomic E-state index is 5.90. The Morgan fingerprint density at radius 2 is 2.17 bits per heavy atom. The van der Waals surface area contributed by atoms with Crippen molar-refractivity contribution in [3.05, 3.63) is 35.0 Å². The van der Waals surface area contributed by atoms with Crippen molar-refractivity contribution in [1.29, 1.82) is 0 Å². The van der Waals surface area contributed by atoms with Gasteiger partial charge in [0, 0.05) is 24.4 Å². The molecule has 1 aliphatic heterocycles. The summed E-state index contributed by atoms with van der Waals surface area (Å²) >= 11 is 1.82. The van der Waals surface area contributed by atoms with Crippen molar-refractivity contribution in [2.24, 2.45) is 5.73 Å². The van der Waals surface area contributed by atoms with E-state index >= 15 is 0 Å². The van der Waals surface area contributed by atoms with Gasteiger partial charge in [-0.25, -0.2) is 4.98 Å². The minimum absolute atomic E-state index is 0.551. The number of nitrogens with zero attached hydrogens (tertiary/aromatic N) is 2. The number of fused-ring (bicyclic) bond motifs is 1. The molecule has 0 fully saturated rings. The van der Waals surface area contributed by atoms with E-state index in [9.17, 15) is 0 Å². The summed E-state index contributed by atoms with van der Waals surface area (Å²) in [7, 11) is 0. The quantitative estimate of drug-likeness (QED) is 0.902. The molecule has 0 spiro atoms. The highest BCUT2D eigenvalue weighted by Crippen LogP contribution is 2.33. The molecule has 1 aromatic carbocycles. The first-order chi connectivity index (χ1) is 8.70. The third-order valence-electron chi connectivity index (χ3n) is 3.56. The van der Waals surface area contributed by atoms with Crippen molar-refractivity contribution in [1.82, 2.24) is 9.55 Å². The molecule has 2 heterocycles. The summed E-state index contributed by atoms with van der Waals surface area (Å²) in [6.07, 6.45) is 0. The van der Waals surface area contributed by atoms with Crippen molar-refractivity contribution in [2.75, 3.05) is 5.75 Å². The summed E-state index contributed by atoms with van der Waals surface area (Å²) in [5.41, 5.74) is 11.9. The highest BCUT2D eigenvalue weighted by atomic mass is 32.2. The van der Waals surface area contributed by atoms with Gasteiger partial charge < -0.3 is 10.3 Å². The van der Waals surface area contributed by atoms with Crippen molar-refractivity contribution in [3.8, 4) is 11.3 Å². The summed E-state index contributed by atoms with van der Waals surface area (Å²) < 4.78 is 2.26. The summed E-state index contributed by atoms with van der Waals surface area (Å²) in [6.45, 7) is 5.85. The summed E-state index contributed by atoms with van der Waals surface area (Å²) in [5.74, 6) is 1.11. The van der Waals surface area contributed by atoms with E-state index in [1.807, 2.05) is 11.8 Å². The van der Waals surface area contributed by atoms with Gasteiger partial charge in [-0.3, -0.25) is 0 Å². The molecule has 0 radical (unpaired) electrons. The van der Waals surface area contributed by atoms with Crippen molar-refractivity contribution < 1.29 is 0 Å². The van der Waals surface area contributed by atoms with Crippen LogP contribution in [0.5, 0.6) is 0 Å². The Bertz CT molecular complexity index is 601. The Balaban J connectivity index is 2.14. The van der Waals surface area contributed by atoms with Gasteiger partial charge in [-0.1, -0.05) is 23.9 Å². The molecular weight excluding hydrogens is 242 g/mol. The van der Waals surface area contributed by atoms with Crippen LogP contribution in [0.2, 0.25) is 0 Å². The normalized spacial score (nSPS) is 13.9. The van der Waals surface area contributed by atoms with Crippen LogP contribution in [0.1, 0.15) is 16.8 Å². The van der Waals surface area contributed by atoms with Crippen LogP contribution in [0.25, 0.3) is 11.3 Å². The lowest BCUT2D eigenvalue weighted by molar-refractivity contribution is 0.678. The first-order valence-electron chi connectivity index (χ1n) is 6.20. The molecule has 0 saturated carbocycles. The molecule has 0 bridgehead atoms. The van der Waals surface area contributed by atoms with Crippen LogP contribution in [0.15, 0.2) is 23.4 Å². The number of hydrogen-bond donors (Lipinski definition) is 1. The van der Waals surface area contributed by atoms with Gasteiger partial charge in [0.2, 0.25) is 0 Å². The Labute approximate surface area is 111 Å². The number of imidazole rings is 1. The minimum Gasteiger partial charge on any atom is -0.325 e. The standard InChI is InChI=1S/C14H17N3S/c1-9-3-4-11(7-10(9)2)13-12(8-15)17-5-6-18-14(17)16-13/h3-4,7H,5-6,8,15H2,1-2H3. The van der Waals surface area contributed by atoms with Crippen LogP contribution in [-0.2, 0) is 13.1 Å². The predicted molar refractivity (Wildman–Crippen MR) is 75.8 cm³/mol. The Morgan fingerprint density at radius 1 is 1.33 bits per heavy atom. The van der Waals surface area contributed by atoms with E-state index in [4.69, 9.17) is 10.7 Å². The summed E-state index contributed by atoms with van der Waals surface area (Å²) in [6, 6.07) is 6.50. The number of nitrogens with two attached hydrogens (primary N) is 1. The van der Waals surface area contributed by atoms with Crippen LogP contribution in [0, 0.1) is 13.8 Å². The highest BCUT2D eigenvalue weighted by Gasteiger charge is 2.21. The van der Waals surface area contributed by atoms with Crippen LogP contribution < -0.4 is 5.73 Å². The van der Waals surface area contributed by atoms with Gasteiger partial charge in [0.1, 0.15) is 0 Å². The largest absolute Gasteiger partial charge is 0.325 e. The van der Waals surface area contributed by atoms with Crippen LogP contribution >= 0.6 is 11.8 Å². The fraction of sp³-hybridized carbons (Fsp3) is 0.357. The molecule has 0 unspecified atom stereocenters. The van der Waals surface area contributed by atoms with E-state index in [2.05, 4.69) is 36.6 Å². The predicted octanol–water partition coefficient (Wildman–Crippen LogP) is 2.73. The molecule has 18 heavy (non-hydrogen) atoms. The monoisotopic (exact) mass is 259 g/mol. The van der Waals surface area contributed by atoms with Gasteiger partial charge in [0.05, 0.1) is 11.4 Å². The fourth-order valence-electron chi connectivity index (χ4n) is 2.36. The first-order valence-corrected chi connectivity index (χ1v) is 7.19. The van der Waals surface area contributed by atoms with E-state index in [0.29, 0.717) is 6.54 Å². The minimum atomic E-state index is 0.551. The molecule has 3 nitrogen and oxygen atoms in total. The molecule has 1 aromatic heterocycles. The average Bonchev–Trinajstić information content (AvgIpc) is 2.92. The lowest BCUT2D eigenvalue weighted by Crippen LogP contribution is -2.07. The maximum absolute atomic E-state index is 5.90. The second kappa shape index (κ2) is 4.44. The number of aromatic nitrogens is 2. The van der Waals surface area contributed by atoms with Gasteiger partial charge >= 0.3 is 0 Å². The second-order valence-corrected chi connectivity index (χ2v) is 5.76. The Hall–Kier alpha value is -1.26. The van der Waals surface area contributed by atoms with E-state index < -0.39 is 0 Å². The lowest BCUT2D eigenvalue weighted by Gasteiger charge is -2.07. The fourth-order valence-corrected chi connectivity index (χ4v) is 3.33. The molecule has 94 valence electrons. The molecule has 0 aliphatic carbocycles. The zero-order chi connectivity index (χ0) is 12.7.